The summed E-state index contributed by atoms with van der Waals surface area (Å²) < 4.78 is 27.2. The molecule has 0 bridgehead atoms. The van der Waals surface area contributed by atoms with E-state index >= 15 is 0 Å². The number of nitrogens with zero attached hydrogens (tertiary/aromatic N) is 1. The first-order valence-electron chi connectivity index (χ1n) is 6.50. The highest BCUT2D eigenvalue weighted by Crippen LogP contribution is 2.24. The molecule has 114 valence electrons. The zero-order chi connectivity index (χ0) is 15.3. The third-order valence-corrected chi connectivity index (χ3v) is 3.95. The predicted molar refractivity (Wildman–Crippen MR) is 85.8 cm³/mol. The van der Waals surface area contributed by atoms with E-state index in [0.717, 1.165) is 10.8 Å². The molecule has 1 aromatic carbocycles. The molecule has 0 fully saturated rings. The largest absolute Gasteiger partial charge is 0.379 e. The summed E-state index contributed by atoms with van der Waals surface area (Å²) in [7, 11) is -2.97. The van der Waals surface area contributed by atoms with Gasteiger partial charge in [0.1, 0.15) is 20.8 Å². The van der Waals surface area contributed by atoms with Gasteiger partial charge in [-0.2, -0.15) is 0 Å². The van der Waals surface area contributed by atoms with Crippen molar-refractivity contribution in [2.75, 3.05) is 37.1 Å². The normalized spacial score (nSPS) is 11.7. The van der Waals surface area contributed by atoms with Crippen molar-refractivity contribution >= 4 is 38.0 Å². The number of aromatic nitrogens is 1. The van der Waals surface area contributed by atoms with Crippen LogP contribution in [0.4, 0.5) is 5.82 Å². The van der Waals surface area contributed by atoms with E-state index in [1.54, 1.807) is 0 Å². The van der Waals surface area contributed by atoms with E-state index < -0.39 is 9.84 Å². The van der Waals surface area contributed by atoms with Gasteiger partial charge in [0, 0.05) is 18.2 Å². The Morgan fingerprint density at radius 1 is 1.29 bits per heavy atom. The van der Waals surface area contributed by atoms with Crippen LogP contribution < -0.4 is 5.32 Å². The SMILES string of the molecule is CS(=O)(=O)CCOCCNc1nc(Cl)cc2ccccc12. The minimum absolute atomic E-state index is 0.0331. The number of anilines is 1. The lowest BCUT2D eigenvalue weighted by molar-refractivity contribution is 0.159. The van der Waals surface area contributed by atoms with Gasteiger partial charge in [-0.05, 0) is 11.5 Å². The van der Waals surface area contributed by atoms with Gasteiger partial charge in [-0.1, -0.05) is 35.9 Å². The number of fused-ring (bicyclic) bond motifs is 1. The molecule has 0 spiro atoms. The molecular formula is C14H17ClN2O3S. The number of benzene rings is 1. The van der Waals surface area contributed by atoms with Crippen molar-refractivity contribution in [2.45, 2.75) is 0 Å². The highest BCUT2D eigenvalue weighted by Gasteiger charge is 2.04. The van der Waals surface area contributed by atoms with Gasteiger partial charge in [0.2, 0.25) is 0 Å². The molecule has 0 aliphatic carbocycles. The second-order valence-corrected chi connectivity index (χ2v) is 7.33. The quantitative estimate of drug-likeness (QED) is 0.624. The topological polar surface area (TPSA) is 68.3 Å². The van der Waals surface area contributed by atoms with Gasteiger partial charge >= 0.3 is 0 Å². The smallest absolute Gasteiger partial charge is 0.149 e. The van der Waals surface area contributed by atoms with Crippen molar-refractivity contribution < 1.29 is 13.2 Å². The number of ether oxygens (including phenoxy) is 1. The van der Waals surface area contributed by atoms with E-state index in [-0.39, 0.29) is 12.4 Å². The van der Waals surface area contributed by atoms with Crippen LogP contribution in [0.1, 0.15) is 0 Å². The number of rotatable bonds is 7. The maximum absolute atomic E-state index is 10.9. The lowest BCUT2D eigenvalue weighted by atomic mass is 10.1. The van der Waals surface area contributed by atoms with Crippen molar-refractivity contribution in [3.63, 3.8) is 0 Å². The number of sulfone groups is 1. The Balaban J connectivity index is 1.89. The molecule has 2 aromatic rings. The summed E-state index contributed by atoms with van der Waals surface area (Å²) in [6, 6.07) is 9.62. The highest BCUT2D eigenvalue weighted by molar-refractivity contribution is 7.90. The fourth-order valence-electron chi connectivity index (χ4n) is 1.85. The molecule has 0 amide bonds. The summed E-state index contributed by atoms with van der Waals surface area (Å²) in [5.41, 5.74) is 0. The van der Waals surface area contributed by atoms with Crippen LogP contribution in [0.3, 0.4) is 0 Å². The first-order chi connectivity index (χ1) is 9.96. The molecule has 0 aliphatic heterocycles. The van der Waals surface area contributed by atoms with E-state index in [2.05, 4.69) is 10.3 Å². The molecule has 1 heterocycles. The molecule has 0 saturated heterocycles. The van der Waals surface area contributed by atoms with Crippen LogP contribution in [0.2, 0.25) is 5.15 Å². The van der Waals surface area contributed by atoms with Gasteiger partial charge in [-0.25, -0.2) is 13.4 Å². The maximum Gasteiger partial charge on any atom is 0.149 e. The summed E-state index contributed by atoms with van der Waals surface area (Å²) in [4.78, 5) is 4.26. The molecule has 1 aromatic heterocycles. The number of nitrogens with one attached hydrogen (secondary N) is 1. The van der Waals surface area contributed by atoms with Crippen LogP contribution in [-0.2, 0) is 14.6 Å². The average molecular weight is 329 g/mol. The molecule has 0 radical (unpaired) electrons. The molecular weight excluding hydrogens is 312 g/mol. The Bertz CT molecular complexity index is 719. The van der Waals surface area contributed by atoms with E-state index in [1.807, 2.05) is 30.3 Å². The predicted octanol–water partition coefficient (Wildman–Crippen LogP) is 2.36. The number of hydrogen-bond donors (Lipinski definition) is 1. The fraction of sp³-hybridized carbons (Fsp3) is 0.357. The van der Waals surface area contributed by atoms with Crippen molar-refractivity contribution in [1.29, 1.82) is 0 Å². The molecule has 0 aliphatic rings. The zero-order valence-electron chi connectivity index (χ0n) is 11.7. The van der Waals surface area contributed by atoms with Gasteiger partial charge in [-0.3, -0.25) is 0 Å². The number of pyridine rings is 1. The van der Waals surface area contributed by atoms with E-state index in [0.29, 0.717) is 24.1 Å². The Labute approximate surface area is 129 Å². The standard InChI is InChI=1S/C14H17ClN2O3S/c1-21(18,19)9-8-20-7-6-16-14-12-5-3-2-4-11(12)10-13(15)17-14/h2-5,10H,6-9H2,1H3,(H,16,17). The van der Waals surface area contributed by atoms with Crippen LogP contribution in [0.5, 0.6) is 0 Å². The molecule has 7 heteroatoms. The Kier molecular flexibility index (Phi) is 5.39. The lowest BCUT2D eigenvalue weighted by Crippen LogP contribution is -2.15. The molecule has 2 rings (SSSR count). The van der Waals surface area contributed by atoms with Crippen LogP contribution in [0.15, 0.2) is 30.3 Å². The third-order valence-electron chi connectivity index (χ3n) is 2.85. The fourth-order valence-corrected chi connectivity index (χ4v) is 2.48. The molecule has 0 atom stereocenters. The van der Waals surface area contributed by atoms with E-state index in [1.165, 1.54) is 6.26 Å². The van der Waals surface area contributed by atoms with E-state index in [9.17, 15) is 8.42 Å². The summed E-state index contributed by atoms with van der Waals surface area (Å²) in [5, 5.41) is 5.58. The summed E-state index contributed by atoms with van der Waals surface area (Å²) in [6.45, 7) is 1.13. The summed E-state index contributed by atoms with van der Waals surface area (Å²) >= 11 is 5.99. The second kappa shape index (κ2) is 7.06. The van der Waals surface area contributed by atoms with Gasteiger partial charge in [0.05, 0.1) is 19.0 Å². The molecule has 1 N–H and O–H groups in total. The Morgan fingerprint density at radius 3 is 2.81 bits per heavy atom. The van der Waals surface area contributed by atoms with Gasteiger partial charge in [0.25, 0.3) is 0 Å². The van der Waals surface area contributed by atoms with Gasteiger partial charge < -0.3 is 10.1 Å². The highest BCUT2D eigenvalue weighted by atomic mass is 35.5. The third kappa shape index (κ3) is 5.15. The molecule has 5 nitrogen and oxygen atoms in total. The maximum atomic E-state index is 10.9. The summed E-state index contributed by atoms with van der Waals surface area (Å²) in [5.74, 6) is 0.732. The van der Waals surface area contributed by atoms with Crippen LogP contribution in [0.25, 0.3) is 10.8 Å². The van der Waals surface area contributed by atoms with Crippen molar-refractivity contribution in [1.82, 2.24) is 4.98 Å². The first kappa shape index (κ1) is 16.0. The summed E-state index contributed by atoms with van der Waals surface area (Å²) in [6.07, 6.45) is 1.19. The zero-order valence-corrected chi connectivity index (χ0v) is 13.2. The van der Waals surface area contributed by atoms with Gasteiger partial charge in [-0.15, -0.1) is 0 Å². The molecule has 21 heavy (non-hydrogen) atoms. The van der Waals surface area contributed by atoms with Crippen molar-refractivity contribution in [2.24, 2.45) is 0 Å². The second-order valence-electron chi connectivity index (χ2n) is 4.68. The average Bonchev–Trinajstić information content (AvgIpc) is 2.41. The van der Waals surface area contributed by atoms with E-state index in [4.69, 9.17) is 16.3 Å². The van der Waals surface area contributed by atoms with Crippen molar-refractivity contribution in [3.05, 3.63) is 35.5 Å². The number of halogens is 1. The molecule has 0 saturated carbocycles. The Morgan fingerprint density at radius 2 is 2.05 bits per heavy atom. The minimum atomic E-state index is -2.97. The molecule has 0 unspecified atom stereocenters. The van der Waals surface area contributed by atoms with Crippen molar-refractivity contribution in [3.8, 4) is 0 Å². The monoisotopic (exact) mass is 328 g/mol. The van der Waals surface area contributed by atoms with Crippen LogP contribution >= 0.6 is 11.6 Å². The van der Waals surface area contributed by atoms with Crippen LogP contribution in [0, 0.1) is 0 Å². The first-order valence-corrected chi connectivity index (χ1v) is 8.94. The lowest BCUT2D eigenvalue weighted by Gasteiger charge is -2.10. The minimum Gasteiger partial charge on any atom is -0.379 e. The van der Waals surface area contributed by atoms with Gasteiger partial charge in [0.15, 0.2) is 0 Å². The number of hydrogen-bond acceptors (Lipinski definition) is 5. The van der Waals surface area contributed by atoms with Crippen LogP contribution in [-0.4, -0.2) is 45.2 Å². The Hall–Kier alpha value is -1.37.